The summed E-state index contributed by atoms with van der Waals surface area (Å²) in [6.07, 6.45) is 2.06. The van der Waals surface area contributed by atoms with Crippen molar-refractivity contribution in [3.8, 4) is 0 Å². The monoisotopic (exact) mass is 301 g/mol. The predicted molar refractivity (Wildman–Crippen MR) is 74.8 cm³/mol. The molecule has 1 saturated heterocycles. The van der Waals surface area contributed by atoms with Crippen LogP contribution in [0, 0.1) is 5.92 Å². The average Bonchev–Trinajstić information content (AvgIpc) is 2.45. The SMILES string of the molecule is CCN1CCC(CNC(=O)NC(=O)COCC(=O)O)CC1. The number of likely N-dealkylation sites (tertiary alicyclic amines) is 1. The van der Waals surface area contributed by atoms with Crippen LogP contribution in [0.1, 0.15) is 19.8 Å². The number of hydrogen-bond donors (Lipinski definition) is 3. The maximum atomic E-state index is 11.5. The molecule has 0 spiro atoms. The molecule has 1 rings (SSSR count). The van der Waals surface area contributed by atoms with Gasteiger partial charge in [-0.15, -0.1) is 0 Å². The molecule has 3 N–H and O–H groups in total. The quantitative estimate of drug-likeness (QED) is 0.593. The third-order valence-electron chi connectivity index (χ3n) is 3.42. The fraction of sp³-hybridized carbons (Fsp3) is 0.769. The first-order valence-corrected chi connectivity index (χ1v) is 7.10. The lowest BCUT2D eigenvalue weighted by Gasteiger charge is -2.30. The van der Waals surface area contributed by atoms with Crippen LogP contribution in [0.5, 0.6) is 0 Å². The number of nitrogens with zero attached hydrogens (tertiary/aromatic N) is 1. The molecule has 120 valence electrons. The maximum absolute atomic E-state index is 11.5. The van der Waals surface area contributed by atoms with Crippen LogP contribution >= 0.6 is 0 Å². The summed E-state index contributed by atoms with van der Waals surface area (Å²) < 4.78 is 4.58. The Labute approximate surface area is 123 Å². The van der Waals surface area contributed by atoms with E-state index >= 15 is 0 Å². The van der Waals surface area contributed by atoms with Crippen molar-refractivity contribution in [2.75, 3.05) is 39.4 Å². The summed E-state index contributed by atoms with van der Waals surface area (Å²) in [5, 5.41) is 13.1. The summed E-state index contributed by atoms with van der Waals surface area (Å²) in [5.41, 5.74) is 0. The summed E-state index contributed by atoms with van der Waals surface area (Å²) >= 11 is 0. The van der Waals surface area contributed by atoms with Crippen LogP contribution in [0.2, 0.25) is 0 Å². The first-order valence-electron chi connectivity index (χ1n) is 7.10. The lowest BCUT2D eigenvalue weighted by molar-refractivity contribution is -0.143. The van der Waals surface area contributed by atoms with Gasteiger partial charge in [-0.05, 0) is 38.4 Å². The minimum Gasteiger partial charge on any atom is -0.480 e. The highest BCUT2D eigenvalue weighted by atomic mass is 16.5. The standard InChI is InChI=1S/C13H23N3O5/c1-2-16-5-3-10(4-6-16)7-14-13(20)15-11(17)8-21-9-12(18)19/h10H,2-9H2,1H3,(H,18,19)(H2,14,15,17,20). The van der Waals surface area contributed by atoms with Gasteiger partial charge in [0.05, 0.1) is 0 Å². The van der Waals surface area contributed by atoms with Gasteiger partial charge in [0.15, 0.2) is 0 Å². The van der Waals surface area contributed by atoms with Gasteiger partial charge in [-0.3, -0.25) is 10.1 Å². The molecule has 0 aromatic heterocycles. The van der Waals surface area contributed by atoms with Crippen LogP contribution < -0.4 is 10.6 Å². The second-order valence-corrected chi connectivity index (χ2v) is 5.02. The molecule has 1 aliphatic heterocycles. The zero-order valence-corrected chi connectivity index (χ0v) is 12.3. The number of aliphatic carboxylic acids is 1. The van der Waals surface area contributed by atoms with Gasteiger partial charge in [-0.2, -0.15) is 0 Å². The van der Waals surface area contributed by atoms with Crippen molar-refractivity contribution in [2.24, 2.45) is 5.92 Å². The molecular weight excluding hydrogens is 278 g/mol. The van der Waals surface area contributed by atoms with E-state index in [2.05, 4.69) is 27.2 Å². The van der Waals surface area contributed by atoms with E-state index in [4.69, 9.17) is 5.11 Å². The lowest BCUT2D eigenvalue weighted by atomic mass is 9.97. The zero-order chi connectivity index (χ0) is 15.7. The number of piperidine rings is 1. The molecule has 0 aliphatic carbocycles. The van der Waals surface area contributed by atoms with Crippen molar-refractivity contribution in [3.05, 3.63) is 0 Å². The number of carbonyl (C=O) groups is 3. The van der Waals surface area contributed by atoms with Gasteiger partial charge in [0.1, 0.15) is 13.2 Å². The van der Waals surface area contributed by atoms with Gasteiger partial charge < -0.3 is 20.1 Å². The van der Waals surface area contributed by atoms with Crippen LogP contribution in [0.25, 0.3) is 0 Å². The molecule has 0 radical (unpaired) electrons. The van der Waals surface area contributed by atoms with Crippen LogP contribution in [-0.2, 0) is 14.3 Å². The topological polar surface area (TPSA) is 108 Å². The number of carbonyl (C=O) groups excluding carboxylic acids is 2. The Morgan fingerprint density at radius 3 is 2.48 bits per heavy atom. The van der Waals surface area contributed by atoms with E-state index < -0.39 is 31.1 Å². The minimum absolute atomic E-state index is 0.428. The highest BCUT2D eigenvalue weighted by molar-refractivity contribution is 5.94. The van der Waals surface area contributed by atoms with E-state index in [1.165, 1.54) is 0 Å². The van der Waals surface area contributed by atoms with Crippen LogP contribution in [-0.4, -0.2) is 67.3 Å². The Balaban J connectivity index is 2.11. The van der Waals surface area contributed by atoms with Gasteiger partial charge in [0.25, 0.3) is 5.91 Å². The Morgan fingerprint density at radius 2 is 1.90 bits per heavy atom. The van der Waals surface area contributed by atoms with Crippen LogP contribution in [0.3, 0.4) is 0 Å². The second-order valence-electron chi connectivity index (χ2n) is 5.02. The van der Waals surface area contributed by atoms with Gasteiger partial charge >= 0.3 is 12.0 Å². The van der Waals surface area contributed by atoms with Gasteiger partial charge in [-0.25, -0.2) is 9.59 Å². The van der Waals surface area contributed by atoms with Gasteiger partial charge in [0, 0.05) is 6.54 Å². The number of carboxylic acid groups (broad SMARTS) is 1. The minimum atomic E-state index is -1.16. The molecule has 1 aliphatic rings. The second kappa shape index (κ2) is 9.30. The summed E-state index contributed by atoms with van der Waals surface area (Å²) in [4.78, 5) is 35.3. The Morgan fingerprint density at radius 1 is 1.24 bits per heavy atom. The lowest BCUT2D eigenvalue weighted by Crippen LogP contribution is -2.44. The van der Waals surface area contributed by atoms with E-state index in [0.717, 1.165) is 32.5 Å². The molecule has 1 fully saturated rings. The van der Waals surface area contributed by atoms with E-state index in [0.29, 0.717) is 12.5 Å². The summed E-state index contributed by atoms with van der Waals surface area (Å²) in [5.74, 6) is -1.39. The van der Waals surface area contributed by atoms with Crippen molar-refractivity contribution in [1.29, 1.82) is 0 Å². The molecule has 21 heavy (non-hydrogen) atoms. The molecule has 0 aromatic carbocycles. The van der Waals surface area contributed by atoms with Crippen molar-refractivity contribution in [2.45, 2.75) is 19.8 Å². The largest absolute Gasteiger partial charge is 0.480 e. The number of imide groups is 1. The van der Waals surface area contributed by atoms with Gasteiger partial charge in [0.2, 0.25) is 0 Å². The molecule has 3 amide bonds. The molecule has 0 bridgehead atoms. The van der Waals surface area contributed by atoms with Gasteiger partial charge in [-0.1, -0.05) is 6.92 Å². The fourth-order valence-electron chi connectivity index (χ4n) is 2.18. The molecule has 8 nitrogen and oxygen atoms in total. The molecule has 0 aromatic rings. The van der Waals surface area contributed by atoms with Crippen molar-refractivity contribution < 1.29 is 24.2 Å². The highest BCUT2D eigenvalue weighted by Crippen LogP contribution is 2.15. The maximum Gasteiger partial charge on any atom is 0.329 e. The van der Waals surface area contributed by atoms with Crippen LogP contribution in [0.15, 0.2) is 0 Å². The number of nitrogens with one attached hydrogen (secondary N) is 2. The third-order valence-corrected chi connectivity index (χ3v) is 3.42. The number of urea groups is 1. The normalized spacial score (nSPS) is 16.4. The summed E-state index contributed by atoms with van der Waals surface area (Å²) in [7, 11) is 0. The third kappa shape index (κ3) is 7.62. The van der Waals surface area contributed by atoms with Crippen molar-refractivity contribution in [3.63, 3.8) is 0 Å². The summed E-state index contributed by atoms with van der Waals surface area (Å²) in [6.45, 7) is 4.76. The molecule has 1 heterocycles. The number of amides is 3. The number of hydrogen-bond acceptors (Lipinski definition) is 5. The van der Waals surface area contributed by atoms with E-state index in [1.54, 1.807) is 0 Å². The molecule has 0 saturated carbocycles. The Hall–Kier alpha value is -1.67. The van der Waals surface area contributed by atoms with E-state index in [-0.39, 0.29) is 0 Å². The Kier molecular flexibility index (Phi) is 7.70. The highest BCUT2D eigenvalue weighted by Gasteiger charge is 2.18. The molecular formula is C13H23N3O5. The van der Waals surface area contributed by atoms with E-state index in [1.807, 2.05) is 0 Å². The first-order chi connectivity index (χ1) is 10.0. The number of ether oxygens (including phenoxy) is 1. The molecule has 0 unspecified atom stereocenters. The zero-order valence-electron chi connectivity index (χ0n) is 12.3. The van der Waals surface area contributed by atoms with E-state index in [9.17, 15) is 14.4 Å². The fourth-order valence-corrected chi connectivity index (χ4v) is 2.18. The van der Waals surface area contributed by atoms with Crippen molar-refractivity contribution in [1.82, 2.24) is 15.5 Å². The summed E-state index contributed by atoms with van der Waals surface area (Å²) in [6, 6.07) is -0.572. The Bertz CT molecular complexity index is 367. The first kappa shape index (κ1) is 17.4. The number of carboxylic acids is 1. The average molecular weight is 301 g/mol. The predicted octanol–water partition coefficient (Wildman–Crippen LogP) is -0.355. The van der Waals surface area contributed by atoms with Crippen LogP contribution in [0.4, 0.5) is 4.79 Å². The van der Waals surface area contributed by atoms with Crippen molar-refractivity contribution >= 4 is 17.9 Å². The number of rotatable bonds is 7. The molecule has 8 heteroatoms. The smallest absolute Gasteiger partial charge is 0.329 e. The molecule has 0 atom stereocenters.